The Kier molecular flexibility index (Phi) is 5.99. The number of ether oxygens (including phenoxy) is 1. The number of rotatable bonds is 5. The van der Waals surface area contributed by atoms with Gasteiger partial charge in [-0.2, -0.15) is 0 Å². The maximum Gasteiger partial charge on any atom is 0.251 e. The lowest BCUT2D eigenvalue weighted by Crippen LogP contribution is -2.44. The fourth-order valence-corrected chi connectivity index (χ4v) is 4.08. The summed E-state index contributed by atoms with van der Waals surface area (Å²) in [6, 6.07) is 10.5. The van der Waals surface area contributed by atoms with Gasteiger partial charge < -0.3 is 15.4 Å². The number of likely N-dealkylation sites (tertiary alicyclic amines) is 1. The minimum atomic E-state index is -0.482. The van der Waals surface area contributed by atoms with E-state index < -0.39 is 5.82 Å². The summed E-state index contributed by atoms with van der Waals surface area (Å²) >= 11 is 0. The van der Waals surface area contributed by atoms with Crippen LogP contribution in [0.2, 0.25) is 0 Å². The van der Waals surface area contributed by atoms with Crippen LogP contribution in [-0.4, -0.2) is 43.0 Å². The van der Waals surface area contributed by atoms with Crippen LogP contribution in [0.5, 0.6) is 5.75 Å². The van der Waals surface area contributed by atoms with Gasteiger partial charge in [-0.05, 0) is 54.7 Å². The molecule has 2 N–H and O–H groups in total. The summed E-state index contributed by atoms with van der Waals surface area (Å²) in [5, 5.41) is 6.00. The Hall–Kier alpha value is -2.93. The molecule has 0 saturated carbocycles. The largest absolute Gasteiger partial charge is 0.494 e. The van der Waals surface area contributed by atoms with Gasteiger partial charge in [0.25, 0.3) is 5.91 Å². The minimum absolute atomic E-state index is 0.0682. The summed E-state index contributed by atoms with van der Waals surface area (Å²) < 4.78 is 18.5. The van der Waals surface area contributed by atoms with Crippen molar-refractivity contribution in [1.29, 1.82) is 0 Å². The molecule has 2 heterocycles. The number of methoxy groups -OCH3 is 1. The Balaban J connectivity index is 1.29. The second-order valence-corrected chi connectivity index (χ2v) is 7.91. The summed E-state index contributed by atoms with van der Waals surface area (Å²) in [5.41, 5.74) is 3.70. The van der Waals surface area contributed by atoms with Gasteiger partial charge in [-0.1, -0.05) is 12.1 Å². The number of hydrogen-bond acceptors (Lipinski definition) is 4. The molecule has 7 heteroatoms. The van der Waals surface area contributed by atoms with Crippen LogP contribution in [0.3, 0.4) is 0 Å². The number of benzene rings is 2. The number of carbonyl (C=O) groups is 2. The van der Waals surface area contributed by atoms with Crippen molar-refractivity contribution in [2.45, 2.75) is 38.3 Å². The standard InChI is InChI=1S/C23H26FN3O3/c1-30-21-13-17(4-6-19(21)24)23(29)25-18-8-10-27(11-9-18)14-15-2-3-16-5-7-22(28)26-20(16)12-15/h2-4,6,12-13,18H,5,7-11,14H2,1H3,(H,25,29)(H,26,28). The molecule has 0 atom stereocenters. The Morgan fingerprint density at radius 2 is 2.00 bits per heavy atom. The first-order valence-corrected chi connectivity index (χ1v) is 10.3. The van der Waals surface area contributed by atoms with Crippen molar-refractivity contribution in [1.82, 2.24) is 10.2 Å². The Morgan fingerprint density at radius 1 is 1.20 bits per heavy atom. The van der Waals surface area contributed by atoms with Crippen molar-refractivity contribution >= 4 is 17.5 Å². The molecular formula is C23H26FN3O3. The third-order valence-corrected chi connectivity index (χ3v) is 5.81. The van der Waals surface area contributed by atoms with E-state index in [1.165, 1.54) is 36.4 Å². The topological polar surface area (TPSA) is 70.7 Å². The number of nitrogens with one attached hydrogen (secondary N) is 2. The first kappa shape index (κ1) is 20.3. The Labute approximate surface area is 175 Å². The predicted octanol–water partition coefficient (Wildman–Crippen LogP) is 3.11. The van der Waals surface area contributed by atoms with Crippen LogP contribution in [0.15, 0.2) is 36.4 Å². The lowest BCUT2D eigenvalue weighted by molar-refractivity contribution is -0.116. The first-order valence-electron chi connectivity index (χ1n) is 10.3. The van der Waals surface area contributed by atoms with Gasteiger partial charge in [0.05, 0.1) is 7.11 Å². The van der Waals surface area contributed by atoms with Gasteiger partial charge in [0.1, 0.15) is 0 Å². The van der Waals surface area contributed by atoms with Gasteiger partial charge in [-0.15, -0.1) is 0 Å². The first-order chi connectivity index (χ1) is 14.5. The third kappa shape index (κ3) is 4.62. The number of nitrogens with zero attached hydrogens (tertiary/aromatic N) is 1. The number of halogens is 1. The number of carbonyl (C=O) groups excluding carboxylic acids is 2. The molecule has 1 fully saturated rings. The number of aryl methyl sites for hydroxylation is 1. The molecule has 158 valence electrons. The van der Waals surface area contributed by atoms with Crippen molar-refractivity contribution < 1.29 is 18.7 Å². The number of anilines is 1. The average Bonchev–Trinajstić information content (AvgIpc) is 2.75. The molecule has 4 rings (SSSR count). The van der Waals surface area contributed by atoms with E-state index in [4.69, 9.17) is 4.74 Å². The molecule has 1 saturated heterocycles. The molecule has 0 bridgehead atoms. The van der Waals surface area contributed by atoms with Gasteiger partial charge in [0.15, 0.2) is 11.6 Å². The monoisotopic (exact) mass is 411 g/mol. The molecule has 30 heavy (non-hydrogen) atoms. The molecule has 2 aliphatic heterocycles. The minimum Gasteiger partial charge on any atom is -0.494 e. The average molecular weight is 411 g/mol. The molecule has 2 aliphatic rings. The quantitative estimate of drug-likeness (QED) is 0.793. The molecule has 6 nitrogen and oxygen atoms in total. The molecule has 0 aliphatic carbocycles. The van der Waals surface area contributed by atoms with Crippen molar-refractivity contribution in [3.05, 3.63) is 58.9 Å². The van der Waals surface area contributed by atoms with Gasteiger partial charge in [0, 0.05) is 43.3 Å². The molecule has 0 aromatic heterocycles. The molecule has 2 amide bonds. The summed E-state index contributed by atoms with van der Waals surface area (Å²) in [5.74, 6) is -0.546. The van der Waals surface area contributed by atoms with Gasteiger partial charge in [0.2, 0.25) is 5.91 Å². The molecule has 2 aromatic rings. The Bertz CT molecular complexity index is 955. The second kappa shape index (κ2) is 8.83. The van der Waals surface area contributed by atoms with E-state index in [1.807, 2.05) is 0 Å². The zero-order valence-electron chi connectivity index (χ0n) is 17.0. The molecule has 0 unspecified atom stereocenters. The third-order valence-electron chi connectivity index (χ3n) is 5.81. The summed E-state index contributed by atoms with van der Waals surface area (Å²) in [7, 11) is 1.38. The maximum atomic E-state index is 13.5. The van der Waals surface area contributed by atoms with Gasteiger partial charge in [-0.25, -0.2) is 4.39 Å². The number of piperidine rings is 1. The van der Waals surface area contributed by atoms with Crippen LogP contribution in [0, 0.1) is 5.82 Å². The lowest BCUT2D eigenvalue weighted by Gasteiger charge is -2.32. The highest BCUT2D eigenvalue weighted by Crippen LogP contribution is 2.25. The predicted molar refractivity (Wildman–Crippen MR) is 112 cm³/mol. The zero-order chi connectivity index (χ0) is 21.1. The molecular weight excluding hydrogens is 385 g/mol. The van der Waals surface area contributed by atoms with Gasteiger partial charge in [-0.3, -0.25) is 14.5 Å². The van der Waals surface area contributed by atoms with E-state index in [9.17, 15) is 14.0 Å². The van der Waals surface area contributed by atoms with E-state index >= 15 is 0 Å². The normalized spacial score (nSPS) is 17.2. The number of hydrogen-bond donors (Lipinski definition) is 2. The van der Waals surface area contributed by atoms with Crippen molar-refractivity contribution in [3.8, 4) is 5.75 Å². The van der Waals surface area contributed by atoms with Crippen molar-refractivity contribution in [2.24, 2.45) is 0 Å². The van der Waals surface area contributed by atoms with E-state index in [1.54, 1.807) is 0 Å². The Morgan fingerprint density at radius 3 is 2.77 bits per heavy atom. The summed E-state index contributed by atoms with van der Waals surface area (Å²) in [4.78, 5) is 26.5. The zero-order valence-corrected chi connectivity index (χ0v) is 17.0. The smallest absolute Gasteiger partial charge is 0.251 e. The van der Waals surface area contributed by atoms with Crippen LogP contribution in [-0.2, 0) is 17.8 Å². The SMILES string of the molecule is COc1cc(C(=O)NC2CCN(Cc3ccc4c(c3)NC(=O)CC4)CC2)ccc1F. The fraction of sp³-hybridized carbons (Fsp3) is 0.391. The maximum absolute atomic E-state index is 13.5. The van der Waals surface area contributed by atoms with E-state index in [0.717, 1.165) is 44.6 Å². The fourth-order valence-electron chi connectivity index (χ4n) is 4.08. The van der Waals surface area contributed by atoms with Gasteiger partial charge >= 0.3 is 0 Å². The molecule has 2 aromatic carbocycles. The highest BCUT2D eigenvalue weighted by Gasteiger charge is 2.22. The van der Waals surface area contributed by atoms with Crippen molar-refractivity contribution in [3.63, 3.8) is 0 Å². The summed E-state index contributed by atoms with van der Waals surface area (Å²) in [6.07, 6.45) is 3.06. The highest BCUT2D eigenvalue weighted by molar-refractivity contribution is 5.95. The highest BCUT2D eigenvalue weighted by atomic mass is 19.1. The van der Waals surface area contributed by atoms with Crippen LogP contribution >= 0.6 is 0 Å². The van der Waals surface area contributed by atoms with Crippen LogP contribution in [0.1, 0.15) is 40.7 Å². The number of amides is 2. The van der Waals surface area contributed by atoms with E-state index in [0.29, 0.717) is 12.0 Å². The van der Waals surface area contributed by atoms with Crippen LogP contribution in [0.25, 0.3) is 0 Å². The lowest BCUT2D eigenvalue weighted by atomic mass is 9.99. The van der Waals surface area contributed by atoms with E-state index in [2.05, 4.69) is 33.7 Å². The van der Waals surface area contributed by atoms with Crippen LogP contribution < -0.4 is 15.4 Å². The molecule has 0 spiro atoms. The van der Waals surface area contributed by atoms with Crippen molar-refractivity contribution in [2.75, 3.05) is 25.5 Å². The van der Waals surface area contributed by atoms with Crippen LogP contribution in [0.4, 0.5) is 10.1 Å². The molecule has 0 radical (unpaired) electrons. The summed E-state index contributed by atoms with van der Waals surface area (Å²) in [6.45, 7) is 2.57. The van der Waals surface area contributed by atoms with E-state index in [-0.39, 0.29) is 23.6 Å². The second-order valence-electron chi connectivity index (χ2n) is 7.91. The number of fused-ring (bicyclic) bond motifs is 1.